The number of rotatable bonds is 8. The zero-order valence-electron chi connectivity index (χ0n) is 19.0. The number of benzene rings is 1. The molecule has 1 aromatic carbocycles. The van der Waals surface area contributed by atoms with Crippen LogP contribution in [0.1, 0.15) is 43.2 Å². The van der Waals surface area contributed by atoms with Gasteiger partial charge in [0.2, 0.25) is 5.88 Å². The summed E-state index contributed by atoms with van der Waals surface area (Å²) in [6, 6.07) is 2.24. The molecule has 3 N–H and O–H groups in total. The molecular weight excluding hydrogens is 464 g/mol. The molecule has 0 bridgehead atoms. The summed E-state index contributed by atoms with van der Waals surface area (Å²) in [7, 11) is 0. The van der Waals surface area contributed by atoms with Crippen molar-refractivity contribution < 1.29 is 23.0 Å². The lowest BCUT2D eigenvalue weighted by atomic mass is 9.83. The van der Waals surface area contributed by atoms with Crippen LogP contribution < -0.4 is 15.8 Å². The van der Waals surface area contributed by atoms with Crippen LogP contribution in [0.2, 0.25) is 0 Å². The number of hydrogen-bond acceptors (Lipinski definition) is 8. The van der Waals surface area contributed by atoms with Gasteiger partial charge in [0, 0.05) is 28.7 Å². The minimum atomic E-state index is -1.18. The summed E-state index contributed by atoms with van der Waals surface area (Å²) in [6.45, 7) is 6.35. The van der Waals surface area contributed by atoms with E-state index in [4.69, 9.17) is 21.6 Å². The number of carbonyl (C=O) groups excluding carboxylic acids is 1. The fraction of sp³-hybridized carbons (Fsp3) is 0.391. The van der Waals surface area contributed by atoms with E-state index in [1.165, 1.54) is 30.2 Å². The largest absolute Gasteiger partial charge is 0.463 e. The van der Waals surface area contributed by atoms with Crippen molar-refractivity contribution in [2.45, 2.75) is 37.5 Å². The normalized spacial score (nSPS) is 21.9. The first kappa shape index (κ1) is 25.4. The minimum absolute atomic E-state index is 0.00570. The Labute approximate surface area is 200 Å². The van der Waals surface area contributed by atoms with E-state index in [0.717, 1.165) is 6.07 Å². The lowest BCUT2D eigenvalue weighted by molar-refractivity contribution is 0.102. The average Bonchev–Trinajstić information content (AvgIpc) is 2.78. The molecular formula is C23H25F2N5O3S. The molecule has 1 aromatic heterocycles. The molecule has 0 fully saturated rings. The molecule has 3 rings (SSSR count). The van der Waals surface area contributed by atoms with Gasteiger partial charge in [0.15, 0.2) is 23.4 Å². The highest BCUT2D eigenvalue weighted by molar-refractivity contribution is 8.15. The third kappa shape index (κ3) is 5.81. The first-order valence-electron chi connectivity index (χ1n) is 10.4. The van der Waals surface area contributed by atoms with Gasteiger partial charge >= 0.3 is 0 Å². The highest BCUT2D eigenvalue weighted by Gasteiger charge is 2.44. The van der Waals surface area contributed by atoms with Crippen molar-refractivity contribution in [1.82, 2.24) is 9.97 Å². The molecule has 0 saturated heterocycles. The molecule has 11 heteroatoms. The highest BCUT2D eigenvalue weighted by atomic mass is 32.2. The maximum absolute atomic E-state index is 15.0. The van der Waals surface area contributed by atoms with Crippen LogP contribution in [-0.4, -0.2) is 45.6 Å². The van der Waals surface area contributed by atoms with Crippen molar-refractivity contribution in [3.8, 4) is 18.2 Å². The molecule has 180 valence electrons. The standard InChI is InChI=1S/C23H25F2N5O3S/c1-5-7-33-18-11-27-17(10-28-18)20(31)29-14-8-15(19(25)16(24)9-14)23(4)12-22(3,13-32-6-2)34-21(26)30-23/h1,8-11H,6-7,12-13H2,2-4H3,(H2,26,30)(H,29,31)/t22-,23+/m1/s1. The monoisotopic (exact) mass is 489 g/mol. The van der Waals surface area contributed by atoms with Crippen molar-refractivity contribution >= 4 is 28.5 Å². The molecule has 34 heavy (non-hydrogen) atoms. The smallest absolute Gasteiger partial charge is 0.275 e. The second-order valence-electron chi connectivity index (χ2n) is 8.10. The van der Waals surface area contributed by atoms with E-state index in [1.54, 1.807) is 6.92 Å². The Morgan fingerprint density at radius 1 is 1.32 bits per heavy atom. The van der Waals surface area contributed by atoms with Gasteiger partial charge in [0.1, 0.15) is 5.69 Å². The molecule has 2 aromatic rings. The zero-order chi connectivity index (χ0) is 24.9. The predicted octanol–water partition coefficient (Wildman–Crippen LogP) is 3.48. The number of amides is 1. The SMILES string of the molecule is C#CCOc1cnc(C(=O)Nc2cc(F)c(F)c([C@]3(C)C[C@](C)(COCC)SC(N)=N3)c2)cn1. The van der Waals surface area contributed by atoms with Crippen molar-refractivity contribution in [3.05, 3.63) is 47.4 Å². The van der Waals surface area contributed by atoms with Gasteiger partial charge in [-0.1, -0.05) is 17.7 Å². The number of ether oxygens (including phenoxy) is 2. The summed E-state index contributed by atoms with van der Waals surface area (Å²) in [4.78, 5) is 24.9. The Balaban J connectivity index is 1.88. The molecule has 1 aliphatic heterocycles. The van der Waals surface area contributed by atoms with Gasteiger partial charge in [-0.15, -0.1) is 6.42 Å². The third-order valence-electron chi connectivity index (χ3n) is 5.07. The third-order valence-corrected chi connectivity index (χ3v) is 6.12. The summed E-state index contributed by atoms with van der Waals surface area (Å²) in [5.41, 5.74) is 4.83. The van der Waals surface area contributed by atoms with E-state index >= 15 is 0 Å². The Morgan fingerprint density at radius 3 is 2.74 bits per heavy atom. The van der Waals surface area contributed by atoms with Gasteiger partial charge in [-0.3, -0.25) is 9.79 Å². The minimum Gasteiger partial charge on any atom is -0.463 e. The van der Waals surface area contributed by atoms with Gasteiger partial charge in [-0.05, 0) is 33.3 Å². The number of amidine groups is 1. The van der Waals surface area contributed by atoms with Gasteiger partial charge in [0.05, 0.1) is 24.5 Å². The second kappa shape index (κ2) is 10.4. The number of aliphatic imine (C=N–C) groups is 1. The van der Waals surface area contributed by atoms with E-state index in [1.807, 2.05) is 13.8 Å². The Bertz CT molecular complexity index is 1140. The van der Waals surface area contributed by atoms with E-state index in [9.17, 15) is 13.6 Å². The van der Waals surface area contributed by atoms with E-state index in [0.29, 0.717) is 19.6 Å². The quantitative estimate of drug-likeness (QED) is 0.546. The number of nitrogens with zero attached hydrogens (tertiary/aromatic N) is 3. The maximum atomic E-state index is 15.0. The number of anilines is 1. The number of nitrogens with two attached hydrogens (primary N) is 1. The molecule has 8 nitrogen and oxygen atoms in total. The van der Waals surface area contributed by atoms with Crippen LogP contribution in [0.15, 0.2) is 29.5 Å². The van der Waals surface area contributed by atoms with Crippen LogP contribution >= 0.6 is 11.8 Å². The number of carbonyl (C=O) groups is 1. The van der Waals surface area contributed by atoms with Gasteiger partial charge in [-0.2, -0.15) is 0 Å². The molecule has 2 heterocycles. The molecule has 1 aliphatic rings. The first-order valence-corrected chi connectivity index (χ1v) is 11.2. The fourth-order valence-corrected chi connectivity index (χ4v) is 5.00. The molecule has 0 unspecified atom stereocenters. The van der Waals surface area contributed by atoms with Crippen LogP contribution in [0.3, 0.4) is 0 Å². The van der Waals surface area contributed by atoms with E-state index in [-0.39, 0.29) is 34.6 Å². The van der Waals surface area contributed by atoms with Gasteiger partial charge < -0.3 is 20.5 Å². The lowest BCUT2D eigenvalue weighted by Gasteiger charge is -2.41. The number of thioether (sulfide) groups is 1. The molecule has 0 saturated carbocycles. The van der Waals surface area contributed by atoms with Crippen molar-refractivity contribution in [3.63, 3.8) is 0 Å². The second-order valence-corrected chi connectivity index (χ2v) is 9.70. The number of halogens is 2. The van der Waals surface area contributed by atoms with Crippen LogP contribution in [0.4, 0.5) is 14.5 Å². The Morgan fingerprint density at radius 2 is 2.09 bits per heavy atom. The number of hydrogen-bond donors (Lipinski definition) is 2. The first-order chi connectivity index (χ1) is 16.1. The van der Waals surface area contributed by atoms with Crippen LogP contribution in [0.5, 0.6) is 5.88 Å². The average molecular weight is 490 g/mol. The molecule has 0 aliphatic carbocycles. The van der Waals surface area contributed by atoms with E-state index in [2.05, 4.69) is 26.2 Å². The topological polar surface area (TPSA) is 112 Å². The fourth-order valence-electron chi connectivity index (χ4n) is 3.75. The summed E-state index contributed by atoms with van der Waals surface area (Å²) < 4.78 is 39.7. The number of nitrogens with one attached hydrogen (secondary N) is 1. The maximum Gasteiger partial charge on any atom is 0.275 e. The van der Waals surface area contributed by atoms with Crippen molar-refractivity contribution in [1.29, 1.82) is 0 Å². The van der Waals surface area contributed by atoms with Crippen LogP contribution in [0, 0.1) is 24.0 Å². The summed E-state index contributed by atoms with van der Waals surface area (Å²) in [6.07, 6.45) is 7.88. The predicted molar refractivity (Wildman–Crippen MR) is 127 cm³/mol. The summed E-state index contributed by atoms with van der Waals surface area (Å²) in [5.74, 6) is -0.412. The van der Waals surface area contributed by atoms with Gasteiger partial charge in [-0.25, -0.2) is 18.7 Å². The highest BCUT2D eigenvalue weighted by Crippen LogP contribution is 2.46. The van der Waals surface area contributed by atoms with Gasteiger partial charge in [0.25, 0.3) is 5.91 Å². The van der Waals surface area contributed by atoms with E-state index < -0.39 is 27.8 Å². The summed E-state index contributed by atoms with van der Waals surface area (Å²) >= 11 is 1.33. The Hall–Kier alpha value is -3.23. The molecule has 1 amide bonds. The summed E-state index contributed by atoms with van der Waals surface area (Å²) in [5, 5.41) is 2.76. The lowest BCUT2D eigenvalue weighted by Crippen LogP contribution is -2.43. The van der Waals surface area contributed by atoms with Crippen molar-refractivity contribution in [2.75, 3.05) is 25.1 Å². The Kier molecular flexibility index (Phi) is 7.74. The van der Waals surface area contributed by atoms with Crippen molar-refractivity contribution in [2.24, 2.45) is 10.7 Å². The molecule has 0 spiro atoms. The zero-order valence-corrected chi connectivity index (χ0v) is 19.8. The molecule has 2 atom stereocenters. The van der Waals surface area contributed by atoms with Crippen LogP contribution in [0.25, 0.3) is 0 Å². The van der Waals surface area contributed by atoms with Crippen LogP contribution in [-0.2, 0) is 10.3 Å². The molecule has 0 radical (unpaired) electrons. The number of terminal acetylenes is 1. The number of aromatic nitrogens is 2.